The van der Waals surface area contributed by atoms with Crippen molar-refractivity contribution in [2.24, 2.45) is 7.05 Å². The molecule has 2 aromatic rings. The average Bonchev–Trinajstić information content (AvgIpc) is 3.26. The van der Waals surface area contributed by atoms with Gasteiger partial charge in [-0.05, 0) is 54.6 Å². The monoisotopic (exact) mass is 383 g/mol. The molecule has 1 fully saturated rings. The normalized spacial score (nSPS) is 17.6. The van der Waals surface area contributed by atoms with Crippen LogP contribution in [0.4, 0.5) is 0 Å². The molecule has 1 aliphatic heterocycles. The van der Waals surface area contributed by atoms with E-state index in [0.29, 0.717) is 25.7 Å². The van der Waals surface area contributed by atoms with Crippen LogP contribution < -0.4 is 10.1 Å². The molecular formula is C23H33N3O2. The number of carbonyl (C=O) groups excluding carboxylic acids is 1. The molecule has 1 atom stereocenters. The van der Waals surface area contributed by atoms with E-state index in [2.05, 4.69) is 73.1 Å². The fourth-order valence-electron chi connectivity index (χ4n) is 3.82. The molecule has 5 heteroatoms. The number of hydrogen-bond donors (Lipinski definition) is 1. The number of amides is 1. The third-order valence-corrected chi connectivity index (χ3v) is 5.45. The first-order valence-corrected chi connectivity index (χ1v) is 10.2. The predicted octanol–water partition coefficient (Wildman–Crippen LogP) is 3.65. The summed E-state index contributed by atoms with van der Waals surface area (Å²) in [5, 5.41) is 2.98. The van der Waals surface area contributed by atoms with Gasteiger partial charge in [0.25, 0.3) is 0 Å². The van der Waals surface area contributed by atoms with Crippen molar-refractivity contribution in [2.75, 3.05) is 26.2 Å². The van der Waals surface area contributed by atoms with E-state index in [1.165, 1.54) is 11.3 Å². The average molecular weight is 384 g/mol. The summed E-state index contributed by atoms with van der Waals surface area (Å²) in [6, 6.07) is 12.8. The number of nitrogens with one attached hydrogen (secondary N) is 1. The van der Waals surface area contributed by atoms with Crippen molar-refractivity contribution >= 4 is 5.91 Å². The Balaban J connectivity index is 1.40. The molecule has 152 valence electrons. The quantitative estimate of drug-likeness (QED) is 0.743. The summed E-state index contributed by atoms with van der Waals surface area (Å²) in [6.07, 6.45) is 4.31. The lowest BCUT2D eigenvalue weighted by atomic mass is 9.87. The number of aryl methyl sites for hydroxylation is 1. The lowest BCUT2D eigenvalue weighted by Gasteiger charge is -2.24. The Bertz CT molecular complexity index is 774. The summed E-state index contributed by atoms with van der Waals surface area (Å²) in [5.41, 5.74) is 2.71. The zero-order chi connectivity index (χ0) is 20.1. The van der Waals surface area contributed by atoms with Crippen molar-refractivity contribution in [1.82, 2.24) is 14.8 Å². The molecule has 0 spiro atoms. The minimum Gasteiger partial charge on any atom is -0.492 e. The standard InChI is InChI=1S/C23H33N3O2/c1-23(2,3)18-9-11-19(12-10-18)28-16-13-24-22(27)17-26-15-6-8-21(26)20-7-5-14-25(20)4/h5,7,9-12,14,21H,6,8,13,15-17H2,1-4H3,(H,24,27)/t21-/m1/s1. The highest BCUT2D eigenvalue weighted by Crippen LogP contribution is 2.31. The van der Waals surface area contributed by atoms with Gasteiger partial charge in [-0.3, -0.25) is 9.69 Å². The Hall–Kier alpha value is -2.27. The van der Waals surface area contributed by atoms with Gasteiger partial charge in [0.2, 0.25) is 5.91 Å². The second kappa shape index (κ2) is 8.82. The molecule has 0 bridgehead atoms. The van der Waals surface area contributed by atoms with Crippen molar-refractivity contribution in [3.63, 3.8) is 0 Å². The van der Waals surface area contributed by atoms with Gasteiger partial charge in [-0.25, -0.2) is 0 Å². The van der Waals surface area contributed by atoms with Gasteiger partial charge in [-0.2, -0.15) is 0 Å². The lowest BCUT2D eigenvalue weighted by molar-refractivity contribution is -0.122. The van der Waals surface area contributed by atoms with Gasteiger partial charge in [0, 0.05) is 18.9 Å². The minimum absolute atomic E-state index is 0.0628. The molecule has 0 saturated carbocycles. The minimum atomic E-state index is 0.0628. The largest absolute Gasteiger partial charge is 0.492 e. The van der Waals surface area contributed by atoms with Gasteiger partial charge in [0.15, 0.2) is 0 Å². The van der Waals surface area contributed by atoms with Crippen molar-refractivity contribution < 1.29 is 9.53 Å². The molecule has 2 heterocycles. The van der Waals surface area contributed by atoms with E-state index in [1.807, 2.05) is 12.1 Å². The number of aromatic nitrogens is 1. The third-order valence-electron chi connectivity index (χ3n) is 5.45. The van der Waals surface area contributed by atoms with Gasteiger partial charge in [0.05, 0.1) is 19.1 Å². The third kappa shape index (κ3) is 5.16. The Morgan fingerprint density at radius 2 is 1.96 bits per heavy atom. The van der Waals surface area contributed by atoms with Crippen LogP contribution in [0.25, 0.3) is 0 Å². The van der Waals surface area contributed by atoms with Crippen molar-refractivity contribution in [3.05, 3.63) is 53.9 Å². The fraction of sp³-hybridized carbons (Fsp3) is 0.522. The van der Waals surface area contributed by atoms with Crippen molar-refractivity contribution in [3.8, 4) is 5.75 Å². The summed E-state index contributed by atoms with van der Waals surface area (Å²) < 4.78 is 7.91. The van der Waals surface area contributed by atoms with E-state index in [0.717, 1.165) is 25.1 Å². The predicted molar refractivity (Wildman–Crippen MR) is 113 cm³/mol. The fourth-order valence-corrected chi connectivity index (χ4v) is 3.82. The van der Waals surface area contributed by atoms with Crippen LogP contribution in [0.1, 0.15) is 50.9 Å². The first-order chi connectivity index (χ1) is 13.3. The van der Waals surface area contributed by atoms with Gasteiger partial charge in [-0.1, -0.05) is 32.9 Å². The number of hydrogen-bond acceptors (Lipinski definition) is 3. The topological polar surface area (TPSA) is 46.5 Å². The highest BCUT2D eigenvalue weighted by molar-refractivity contribution is 5.78. The first kappa shape index (κ1) is 20.5. The highest BCUT2D eigenvalue weighted by Gasteiger charge is 2.28. The van der Waals surface area contributed by atoms with E-state index in [1.54, 1.807) is 0 Å². The van der Waals surface area contributed by atoms with E-state index in [-0.39, 0.29) is 11.3 Å². The molecule has 0 aliphatic carbocycles. The molecule has 1 amide bonds. The van der Waals surface area contributed by atoms with Crippen molar-refractivity contribution in [2.45, 2.75) is 45.1 Å². The van der Waals surface area contributed by atoms with Crippen LogP contribution in [0, 0.1) is 0 Å². The molecule has 1 N–H and O–H groups in total. The van der Waals surface area contributed by atoms with Gasteiger partial charge in [0.1, 0.15) is 12.4 Å². The van der Waals surface area contributed by atoms with Crippen LogP contribution in [-0.4, -0.2) is 41.6 Å². The first-order valence-electron chi connectivity index (χ1n) is 10.2. The van der Waals surface area contributed by atoms with Gasteiger partial charge < -0.3 is 14.6 Å². The van der Waals surface area contributed by atoms with E-state index >= 15 is 0 Å². The number of likely N-dealkylation sites (tertiary alicyclic amines) is 1. The molecule has 28 heavy (non-hydrogen) atoms. The molecule has 0 unspecified atom stereocenters. The van der Waals surface area contributed by atoms with Crippen LogP contribution in [0.5, 0.6) is 5.75 Å². The number of carbonyl (C=O) groups is 1. The number of rotatable bonds is 7. The second-order valence-corrected chi connectivity index (χ2v) is 8.65. The van der Waals surface area contributed by atoms with Crippen LogP contribution in [-0.2, 0) is 17.3 Å². The summed E-state index contributed by atoms with van der Waals surface area (Å²) in [6.45, 7) is 8.99. The number of nitrogens with zero attached hydrogens (tertiary/aromatic N) is 2. The van der Waals surface area contributed by atoms with Crippen LogP contribution in [0.3, 0.4) is 0 Å². The van der Waals surface area contributed by atoms with Crippen LogP contribution in [0.15, 0.2) is 42.6 Å². The van der Waals surface area contributed by atoms with Gasteiger partial charge >= 0.3 is 0 Å². The van der Waals surface area contributed by atoms with Gasteiger partial charge in [-0.15, -0.1) is 0 Å². The maximum Gasteiger partial charge on any atom is 0.234 e. The molecule has 1 aromatic carbocycles. The lowest BCUT2D eigenvalue weighted by Crippen LogP contribution is -2.38. The molecule has 1 aliphatic rings. The summed E-state index contributed by atoms with van der Waals surface area (Å²) in [4.78, 5) is 14.6. The summed E-state index contributed by atoms with van der Waals surface area (Å²) >= 11 is 0. The Morgan fingerprint density at radius 1 is 1.21 bits per heavy atom. The Morgan fingerprint density at radius 3 is 2.61 bits per heavy atom. The number of benzene rings is 1. The molecule has 5 nitrogen and oxygen atoms in total. The second-order valence-electron chi connectivity index (χ2n) is 8.65. The zero-order valence-corrected chi connectivity index (χ0v) is 17.6. The molecule has 1 saturated heterocycles. The number of ether oxygens (including phenoxy) is 1. The molecule has 0 radical (unpaired) electrons. The van der Waals surface area contributed by atoms with Crippen LogP contribution >= 0.6 is 0 Å². The SMILES string of the molecule is Cn1cccc1[C@H]1CCCN1CC(=O)NCCOc1ccc(C(C)(C)C)cc1. The molecular weight excluding hydrogens is 350 g/mol. The summed E-state index contributed by atoms with van der Waals surface area (Å²) in [5.74, 6) is 0.901. The highest BCUT2D eigenvalue weighted by atomic mass is 16.5. The smallest absolute Gasteiger partial charge is 0.234 e. The zero-order valence-electron chi connectivity index (χ0n) is 17.6. The maximum absolute atomic E-state index is 12.4. The van der Waals surface area contributed by atoms with Crippen molar-refractivity contribution in [1.29, 1.82) is 0 Å². The van der Waals surface area contributed by atoms with E-state index < -0.39 is 0 Å². The van der Waals surface area contributed by atoms with E-state index in [4.69, 9.17) is 4.74 Å². The Kier molecular flexibility index (Phi) is 6.45. The molecule has 3 rings (SSSR count). The van der Waals surface area contributed by atoms with Crippen LogP contribution in [0.2, 0.25) is 0 Å². The maximum atomic E-state index is 12.4. The van der Waals surface area contributed by atoms with E-state index in [9.17, 15) is 4.79 Å². The Labute approximate surface area is 168 Å². The molecule has 1 aromatic heterocycles. The summed E-state index contributed by atoms with van der Waals surface area (Å²) in [7, 11) is 2.07.